The van der Waals surface area contributed by atoms with E-state index in [4.69, 9.17) is 25.6 Å². The van der Waals surface area contributed by atoms with Crippen molar-refractivity contribution in [1.82, 2.24) is 10.1 Å². The van der Waals surface area contributed by atoms with Gasteiger partial charge in [-0.2, -0.15) is 0 Å². The highest BCUT2D eigenvalue weighted by molar-refractivity contribution is 7.92. The number of ether oxygens (including phenoxy) is 2. The van der Waals surface area contributed by atoms with Crippen molar-refractivity contribution in [2.24, 2.45) is 0 Å². The summed E-state index contributed by atoms with van der Waals surface area (Å²) in [6.45, 7) is 4.18. The monoisotopic (exact) mass is 473 g/mol. The van der Waals surface area contributed by atoms with E-state index < -0.39 is 10.0 Å². The van der Waals surface area contributed by atoms with Crippen molar-refractivity contribution in [1.29, 1.82) is 0 Å². The number of anilines is 1. The average Bonchev–Trinajstić information content (AvgIpc) is 3.36. The summed E-state index contributed by atoms with van der Waals surface area (Å²) in [6.07, 6.45) is 1.48. The number of sulfonamides is 1. The number of hydrogen-bond acceptors (Lipinski definition) is 7. The van der Waals surface area contributed by atoms with Crippen LogP contribution in [0.4, 0.5) is 5.82 Å². The fourth-order valence-electron chi connectivity index (χ4n) is 3.23. The molecule has 4 rings (SSSR count). The third-order valence-corrected chi connectivity index (χ3v) is 7.13. The van der Waals surface area contributed by atoms with Crippen LogP contribution in [0.3, 0.4) is 0 Å². The maximum absolute atomic E-state index is 13.6. The van der Waals surface area contributed by atoms with Crippen LogP contribution in [0, 0.1) is 25.7 Å². The van der Waals surface area contributed by atoms with E-state index in [1.165, 1.54) is 25.4 Å². The van der Waals surface area contributed by atoms with Crippen LogP contribution in [0.25, 0.3) is 0 Å². The number of hydrogen-bond donors (Lipinski definition) is 0. The molecule has 0 N–H and O–H groups in total. The number of methoxy groups -OCH3 is 1. The molecule has 0 amide bonds. The lowest BCUT2D eigenvalue weighted by molar-refractivity contribution is 0.134. The van der Waals surface area contributed by atoms with Crippen molar-refractivity contribution in [2.75, 3.05) is 18.1 Å². The lowest BCUT2D eigenvalue weighted by Crippen LogP contribution is -2.34. The van der Waals surface area contributed by atoms with Gasteiger partial charge in [-0.1, -0.05) is 22.7 Å². The van der Waals surface area contributed by atoms with Crippen molar-refractivity contribution >= 4 is 27.4 Å². The third-order valence-electron chi connectivity index (χ3n) is 5.07. The van der Waals surface area contributed by atoms with Gasteiger partial charge in [0.2, 0.25) is 0 Å². The molecule has 3 aromatic rings. The number of benzene rings is 1. The Morgan fingerprint density at radius 2 is 1.97 bits per heavy atom. The second-order valence-electron chi connectivity index (χ2n) is 7.15. The van der Waals surface area contributed by atoms with Crippen molar-refractivity contribution in [3.05, 3.63) is 69.2 Å². The first-order chi connectivity index (χ1) is 15.3. The molecule has 1 aliphatic rings. The maximum atomic E-state index is 13.6. The summed E-state index contributed by atoms with van der Waals surface area (Å²) in [5.74, 6) is 6.47. The molecular formula is C22H20ClN3O5S. The van der Waals surface area contributed by atoms with Crippen LogP contribution < -0.4 is 4.31 Å². The number of aromatic nitrogens is 2. The molecule has 1 aromatic carbocycles. The molecule has 8 nitrogen and oxygen atoms in total. The van der Waals surface area contributed by atoms with Gasteiger partial charge < -0.3 is 14.0 Å². The predicted octanol–water partition coefficient (Wildman–Crippen LogP) is 3.57. The van der Waals surface area contributed by atoms with E-state index in [2.05, 4.69) is 22.0 Å². The fourth-order valence-corrected chi connectivity index (χ4v) is 4.94. The minimum atomic E-state index is -4.11. The fraction of sp³-hybridized carbons (Fsp3) is 0.273. The molecule has 166 valence electrons. The Kier molecular flexibility index (Phi) is 6.22. The second-order valence-corrected chi connectivity index (χ2v) is 9.39. The van der Waals surface area contributed by atoms with Gasteiger partial charge in [0.15, 0.2) is 5.82 Å². The van der Waals surface area contributed by atoms with Crippen LogP contribution in [0.15, 0.2) is 39.9 Å². The standard InChI is InChI=1S/C22H20ClN3O5S/c1-14-15(2)31-25-22(14)26(13-29-3)32(27,28)21-5-4-8-24-20(21)7-6-16-9-17-11-30-12-18(17)10-19(16)23/h4-5,8-10H,11-13H2,1-3H3. The van der Waals surface area contributed by atoms with E-state index in [0.717, 1.165) is 15.4 Å². The smallest absolute Gasteiger partial charge is 0.270 e. The molecule has 0 spiro atoms. The van der Waals surface area contributed by atoms with E-state index in [0.29, 0.717) is 35.1 Å². The van der Waals surface area contributed by atoms with Gasteiger partial charge in [-0.25, -0.2) is 17.7 Å². The largest absolute Gasteiger partial charge is 0.372 e. The maximum Gasteiger partial charge on any atom is 0.270 e. The zero-order chi connectivity index (χ0) is 22.9. The van der Waals surface area contributed by atoms with Crippen molar-refractivity contribution in [3.8, 4) is 11.8 Å². The molecule has 0 bridgehead atoms. The van der Waals surface area contributed by atoms with Crippen LogP contribution in [-0.2, 0) is 32.7 Å². The molecule has 0 aliphatic carbocycles. The van der Waals surface area contributed by atoms with Crippen molar-refractivity contribution < 1.29 is 22.4 Å². The first kappa shape index (κ1) is 22.3. The number of nitrogens with zero attached hydrogens (tertiary/aromatic N) is 3. The van der Waals surface area contributed by atoms with Gasteiger partial charge in [-0.3, -0.25) is 0 Å². The zero-order valence-electron chi connectivity index (χ0n) is 17.7. The molecule has 10 heteroatoms. The topological polar surface area (TPSA) is 94.8 Å². The number of pyridine rings is 1. The zero-order valence-corrected chi connectivity index (χ0v) is 19.2. The van der Waals surface area contributed by atoms with Gasteiger partial charge in [-0.15, -0.1) is 0 Å². The Morgan fingerprint density at radius 1 is 1.22 bits per heavy atom. The highest BCUT2D eigenvalue weighted by atomic mass is 35.5. The predicted molar refractivity (Wildman–Crippen MR) is 118 cm³/mol. The van der Waals surface area contributed by atoms with Gasteiger partial charge in [0, 0.05) is 24.4 Å². The molecule has 0 saturated heterocycles. The van der Waals surface area contributed by atoms with Crippen LogP contribution in [0.5, 0.6) is 0 Å². The normalized spacial score (nSPS) is 12.9. The molecule has 0 unspecified atom stereocenters. The van der Waals surface area contributed by atoms with Crippen LogP contribution in [0.1, 0.15) is 33.7 Å². The summed E-state index contributed by atoms with van der Waals surface area (Å²) < 4.78 is 43.9. The van der Waals surface area contributed by atoms with Crippen LogP contribution in [0.2, 0.25) is 5.02 Å². The minimum Gasteiger partial charge on any atom is -0.372 e. The molecule has 2 aromatic heterocycles. The Balaban J connectivity index is 1.77. The Hall–Kier alpha value is -2.90. The Bertz CT molecular complexity index is 1340. The Labute approximate surface area is 191 Å². The van der Waals surface area contributed by atoms with E-state index in [1.54, 1.807) is 13.8 Å². The van der Waals surface area contributed by atoms with Crippen molar-refractivity contribution in [2.45, 2.75) is 32.0 Å². The molecule has 0 radical (unpaired) electrons. The quantitative estimate of drug-likeness (QED) is 0.413. The lowest BCUT2D eigenvalue weighted by Gasteiger charge is -2.21. The first-order valence-corrected chi connectivity index (χ1v) is 11.5. The minimum absolute atomic E-state index is 0.0785. The highest BCUT2D eigenvalue weighted by Crippen LogP contribution is 2.29. The molecule has 0 saturated carbocycles. The second kappa shape index (κ2) is 8.92. The molecule has 0 atom stereocenters. The Morgan fingerprint density at radius 3 is 2.66 bits per heavy atom. The number of aryl methyl sites for hydroxylation is 1. The molecule has 1 aliphatic heterocycles. The molecule has 32 heavy (non-hydrogen) atoms. The summed E-state index contributed by atoms with van der Waals surface area (Å²) in [4.78, 5) is 4.12. The van der Waals surface area contributed by atoms with Gasteiger partial charge >= 0.3 is 0 Å². The first-order valence-electron chi connectivity index (χ1n) is 9.63. The number of fused-ring (bicyclic) bond motifs is 1. The van der Waals surface area contributed by atoms with E-state index >= 15 is 0 Å². The van der Waals surface area contributed by atoms with Crippen molar-refractivity contribution in [3.63, 3.8) is 0 Å². The van der Waals surface area contributed by atoms with Crippen LogP contribution in [-0.4, -0.2) is 32.4 Å². The molecule has 3 heterocycles. The van der Waals surface area contributed by atoms with E-state index in [-0.39, 0.29) is 23.1 Å². The SMILES string of the molecule is COCN(c1noc(C)c1C)S(=O)(=O)c1cccnc1C#Cc1cc2c(cc1Cl)COC2. The van der Waals surface area contributed by atoms with Gasteiger partial charge in [0.05, 0.1) is 18.2 Å². The summed E-state index contributed by atoms with van der Waals surface area (Å²) in [5.41, 5.74) is 3.28. The summed E-state index contributed by atoms with van der Waals surface area (Å²) in [5, 5.41) is 4.37. The van der Waals surface area contributed by atoms with Gasteiger partial charge in [0.25, 0.3) is 10.0 Å². The average molecular weight is 474 g/mol. The number of halogens is 1. The van der Waals surface area contributed by atoms with E-state index in [1.807, 2.05) is 12.1 Å². The van der Waals surface area contributed by atoms with Gasteiger partial charge in [0.1, 0.15) is 23.1 Å². The summed E-state index contributed by atoms with van der Waals surface area (Å²) in [6, 6.07) is 6.65. The van der Waals surface area contributed by atoms with Crippen LogP contribution >= 0.6 is 11.6 Å². The lowest BCUT2D eigenvalue weighted by atomic mass is 10.1. The summed E-state index contributed by atoms with van der Waals surface area (Å²) in [7, 11) is -2.72. The molecule has 0 fully saturated rings. The van der Waals surface area contributed by atoms with Gasteiger partial charge in [-0.05, 0) is 55.2 Å². The number of rotatable bonds is 5. The third kappa shape index (κ3) is 4.10. The van der Waals surface area contributed by atoms with E-state index in [9.17, 15) is 8.42 Å². The summed E-state index contributed by atoms with van der Waals surface area (Å²) >= 11 is 6.36. The molecular weight excluding hydrogens is 454 g/mol. The highest BCUT2D eigenvalue weighted by Gasteiger charge is 2.31.